The van der Waals surface area contributed by atoms with E-state index in [0.29, 0.717) is 22.3 Å². The maximum atomic E-state index is 11.8. The molecule has 0 atom stereocenters. The number of amidine groups is 1. The van der Waals surface area contributed by atoms with E-state index in [9.17, 15) is 8.42 Å². The van der Waals surface area contributed by atoms with Crippen LogP contribution >= 0.6 is 23.1 Å². The van der Waals surface area contributed by atoms with Crippen LogP contribution in [0.25, 0.3) is 11.5 Å². The highest BCUT2D eigenvalue weighted by molar-refractivity contribution is 8.13. The lowest BCUT2D eigenvalue weighted by molar-refractivity contribution is -0.384. The van der Waals surface area contributed by atoms with Gasteiger partial charge in [0.25, 0.3) is 10.0 Å². The lowest BCUT2D eigenvalue weighted by Crippen LogP contribution is -2.29. The van der Waals surface area contributed by atoms with Crippen molar-refractivity contribution >= 4 is 49.4 Å². The second-order valence-corrected chi connectivity index (χ2v) is 8.20. The minimum absolute atomic E-state index is 0.00357. The largest absolute Gasteiger partial charge is 0.455 e. The van der Waals surface area contributed by atoms with Crippen molar-refractivity contribution in [1.29, 1.82) is 0 Å². The molecule has 0 saturated carbocycles. The van der Waals surface area contributed by atoms with Gasteiger partial charge in [-0.2, -0.15) is 13.4 Å². The Kier molecular flexibility index (Phi) is 5.51. The third-order valence-electron chi connectivity index (χ3n) is 2.79. The highest BCUT2D eigenvalue weighted by atomic mass is 32.2. The molecule has 2 rings (SSSR count). The van der Waals surface area contributed by atoms with Crippen molar-refractivity contribution in [3.63, 3.8) is 0 Å². The van der Waals surface area contributed by atoms with Gasteiger partial charge in [-0.3, -0.25) is 5.73 Å². The van der Waals surface area contributed by atoms with Crippen LogP contribution in [0.1, 0.15) is 5.76 Å². The summed E-state index contributed by atoms with van der Waals surface area (Å²) in [5, 5.41) is 2.31. The van der Waals surface area contributed by atoms with Crippen molar-refractivity contribution in [2.75, 3.05) is 12.5 Å². The Morgan fingerprint density at radius 3 is 2.71 bits per heavy atom. The lowest BCUT2D eigenvalue weighted by atomic mass is 10.3. The fourth-order valence-corrected chi connectivity index (χ4v) is 4.02. The summed E-state index contributed by atoms with van der Waals surface area (Å²) >= 11 is 2.40. The fraction of sp³-hybridized carbons (Fsp3) is 0.250. The van der Waals surface area contributed by atoms with Crippen LogP contribution in [-0.2, 0) is 16.6 Å². The third kappa shape index (κ3) is 4.49. The van der Waals surface area contributed by atoms with Crippen LogP contribution in [0.5, 0.6) is 0 Å². The van der Waals surface area contributed by atoms with E-state index in [-0.39, 0.29) is 17.7 Å². The van der Waals surface area contributed by atoms with Crippen LogP contribution in [0, 0.1) is 0 Å². The van der Waals surface area contributed by atoms with Crippen molar-refractivity contribution in [2.24, 2.45) is 22.2 Å². The molecule has 0 amide bonds. The van der Waals surface area contributed by atoms with Crippen molar-refractivity contribution in [3.05, 3.63) is 23.3 Å². The summed E-state index contributed by atoms with van der Waals surface area (Å²) in [4.78, 5) is 8.08. The predicted octanol–water partition coefficient (Wildman–Crippen LogP) is 0.458. The van der Waals surface area contributed by atoms with Gasteiger partial charge in [0.05, 0.1) is 6.26 Å². The van der Waals surface area contributed by atoms with Gasteiger partial charge in [-0.25, -0.2) is 4.98 Å². The number of furan rings is 1. The van der Waals surface area contributed by atoms with Gasteiger partial charge < -0.3 is 15.9 Å². The third-order valence-corrected chi connectivity index (χ3v) is 5.40. The molecule has 0 bridgehead atoms. The van der Waals surface area contributed by atoms with Crippen molar-refractivity contribution < 1.29 is 16.8 Å². The number of aliphatic imine (C=N–C) groups is 1. The highest BCUT2D eigenvalue weighted by Gasteiger charge is 2.21. The zero-order valence-corrected chi connectivity index (χ0v) is 15.4. The molecule has 0 fully saturated rings. The molecule has 0 aromatic carbocycles. The number of nitrogens with zero attached hydrogens (tertiary/aromatic N) is 3. The van der Waals surface area contributed by atoms with Gasteiger partial charge in [0.15, 0.2) is 18.3 Å². The molecular weight excluding hydrogens is 372 g/mol. The van der Waals surface area contributed by atoms with Gasteiger partial charge >= 0.3 is 5.17 Å². The first-order chi connectivity index (χ1) is 11.2. The van der Waals surface area contributed by atoms with E-state index < -0.39 is 10.0 Å². The van der Waals surface area contributed by atoms with Crippen molar-refractivity contribution in [1.82, 2.24) is 4.98 Å². The lowest BCUT2D eigenvalue weighted by Gasteiger charge is -2.04. The second kappa shape index (κ2) is 7.23. The Bertz CT molecular complexity index is 893. The number of guanidine groups is 1. The molecular formula is C12H17N6O3S3+. The first-order valence-electron chi connectivity index (χ1n) is 6.49. The fourth-order valence-electron chi connectivity index (χ4n) is 1.74. The number of thioether (sulfide) groups is 1. The Hall–Kier alpha value is -2.05. The van der Waals surface area contributed by atoms with Crippen LogP contribution in [0.2, 0.25) is 0 Å². The summed E-state index contributed by atoms with van der Waals surface area (Å²) in [6, 6.07) is 3.36. The number of nitrogens with two attached hydrogens (primary N) is 3. The van der Waals surface area contributed by atoms with Gasteiger partial charge in [0.1, 0.15) is 11.5 Å². The average Bonchev–Trinajstić information content (AvgIpc) is 3.11. The van der Waals surface area contributed by atoms with Crippen LogP contribution in [0.4, 0.5) is 5.13 Å². The molecule has 0 aliphatic carbocycles. The molecule has 0 saturated heterocycles. The normalized spacial score (nSPS) is 12.8. The van der Waals surface area contributed by atoms with Crippen LogP contribution < -0.4 is 17.2 Å². The molecule has 2 aromatic heterocycles. The summed E-state index contributed by atoms with van der Waals surface area (Å²) in [5.74, 6) is 0.834. The Labute approximate surface area is 147 Å². The summed E-state index contributed by atoms with van der Waals surface area (Å²) in [6.45, 7) is -0.00357. The Morgan fingerprint density at radius 1 is 1.42 bits per heavy atom. The Balaban J connectivity index is 2.28. The molecule has 0 spiro atoms. The second-order valence-electron chi connectivity index (χ2n) is 4.63. The van der Waals surface area contributed by atoms with E-state index in [4.69, 9.17) is 21.6 Å². The number of aromatic nitrogens is 1. The predicted molar refractivity (Wildman–Crippen MR) is 96.8 cm³/mol. The van der Waals surface area contributed by atoms with Gasteiger partial charge in [-0.15, -0.1) is 15.3 Å². The minimum atomic E-state index is -3.51. The minimum Gasteiger partial charge on any atom is -0.455 e. The van der Waals surface area contributed by atoms with Gasteiger partial charge in [0, 0.05) is 5.38 Å². The molecule has 0 aliphatic heterocycles. The van der Waals surface area contributed by atoms with E-state index >= 15 is 0 Å². The average molecular weight is 390 g/mol. The van der Waals surface area contributed by atoms with Crippen molar-refractivity contribution in [3.8, 4) is 11.5 Å². The number of sulfonamides is 1. The molecule has 2 aromatic rings. The highest BCUT2D eigenvalue weighted by Crippen LogP contribution is 2.28. The number of hydrogen-bond acceptors (Lipinski definition) is 7. The van der Waals surface area contributed by atoms with Crippen LogP contribution in [-0.4, -0.2) is 41.0 Å². The first-order valence-corrected chi connectivity index (χ1v) is 10.4. The quantitative estimate of drug-likeness (QED) is 0.378. The summed E-state index contributed by atoms with van der Waals surface area (Å²) < 4.78 is 30.4. The smallest absolute Gasteiger partial charge is 0.319 e. The monoisotopic (exact) mass is 389 g/mol. The standard InChI is InChI=1S/C12H16N6O3S3/c1-22-11(15)18(24(2,19)20)5-7-3-4-9(21-7)8-6-23-12(16-8)17-10(13)14/h3-4,6,15H,5H2,1-2H3,(H4,13,14,16,17)/p+1. The number of hydrogen-bond donors (Lipinski definition) is 3. The summed E-state index contributed by atoms with van der Waals surface area (Å²) in [7, 11) is -3.51. The molecule has 0 aliphatic rings. The van der Waals surface area contributed by atoms with E-state index in [1.807, 2.05) is 0 Å². The molecule has 24 heavy (non-hydrogen) atoms. The number of rotatable bonds is 5. The maximum absolute atomic E-state index is 11.8. The molecule has 6 N–H and O–H groups in total. The van der Waals surface area contributed by atoms with E-state index in [0.717, 1.165) is 22.0 Å². The molecule has 9 nitrogen and oxygen atoms in total. The molecule has 130 valence electrons. The zero-order valence-electron chi connectivity index (χ0n) is 13.0. The maximum Gasteiger partial charge on any atom is 0.319 e. The topological polar surface area (TPSA) is 154 Å². The molecule has 0 unspecified atom stereocenters. The van der Waals surface area contributed by atoms with E-state index in [1.165, 1.54) is 11.3 Å². The summed E-state index contributed by atoms with van der Waals surface area (Å²) in [6.07, 6.45) is 2.78. The first kappa shape index (κ1) is 18.3. The molecule has 0 radical (unpaired) electrons. The SMILES string of the molecule is CSC(N)=[N+](Cc1ccc(-c2csc(N=C(N)N)n2)o1)S(C)(=O)=O. The van der Waals surface area contributed by atoms with Crippen LogP contribution in [0.15, 0.2) is 26.9 Å². The van der Waals surface area contributed by atoms with E-state index in [2.05, 4.69) is 9.98 Å². The molecule has 2 heterocycles. The van der Waals surface area contributed by atoms with Gasteiger partial charge in [-0.05, 0) is 30.2 Å². The summed E-state index contributed by atoms with van der Waals surface area (Å²) in [5.41, 5.74) is 16.9. The van der Waals surface area contributed by atoms with Gasteiger partial charge in [-0.1, -0.05) is 0 Å². The van der Waals surface area contributed by atoms with Crippen LogP contribution in [0.3, 0.4) is 0 Å². The zero-order chi connectivity index (χ0) is 17.9. The number of thiazole rings is 1. The Morgan fingerprint density at radius 2 is 2.12 bits per heavy atom. The molecule has 12 heteroatoms. The van der Waals surface area contributed by atoms with E-state index in [1.54, 1.807) is 23.8 Å². The van der Waals surface area contributed by atoms with Gasteiger partial charge in [0.2, 0.25) is 5.13 Å². The van der Waals surface area contributed by atoms with Crippen molar-refractivity contribution in [2.45, 2.75) is 6.54 Å².